The zero-order valence-corrected chi connectivity index (χ0v) is 30.3. The Morgan fingerprint density at radius 1 is 0.691 bits per heavy atom. The second-order valence-corrected chi connectivity index (χ2v) is 13.1. The molecule has 0 aromatic heterocycles. The Labute approximate surface area is 310 Å². The minimum atomic E-state index is -5.26. The van der Waals surface area contributed by atoms with Gasteiger partial charge in [-0.2, -0.15) is 39.5 Å². The molecule has 2 atom stereocenters. The lowest BCUT2D eigenvalue weighted by Gasteiger charge is -2.27. The summed E-state index contributed by atoms with van der Waals surface area (Å²) in [5.41, 5.74) is -4.74. The summed E-state index contributed by atoms with van der Waals surface area (Å²) >= 11 is 0. The monoisotopic (exact) mass is 789 g/mol. The number of carbonyl (C=O) groups is 1. The van der Waals surface area contributed by atoms with E-state index >= 15 is 0 Å². The highest BCUT2D eigenvalue weighted by Gasteiger charge is 2.39. The fraction of sp³-hybridized carbons (Fsp3) is 0.359. The van der Waals surface area contributed by atoms with Crippen molar-refractivity contribution in [1.29, 1.82) is 0 Å². The first-order valence-electron chi connectivity index (χ1n) is 16.7. The zero-order chi connectivity index (χ0) is 41.0. The number of halogens is 10. The zero-order valence-electron chi connectivity index (χ0n) is 30.3. The lowest BCUT2D eigenvalue weighted by molar-refractivity contribution is -0.143. The summed E-state index contributed by atoms with van der Waals surface area (Å²) in [7, 11) is 1.23. The molecule has 0 heterocycles. The van der Waals surface area contributed by atoms with Crippen LogP contribution in [0.15, 0.2) is 72.8 Å². The van der Waals surface area contributed by atoms with Crippen molar-refractivity contribution in [2.75, 3.05) is 7.11 Å². The molecule has 0 saturated carbocycles. The Kier molecular flexibility index (Phi) is 13.1. The standard InChI is InChI=1S/C39H37F10NO5/c1-20(2)29-17-30(34(52-6)18-31(29)40)28-12-11-25(37(41,42)43)15-24(28)19-50-22(5)35(23-13-26(38(44,45)46)16-27(14-23)39(47,48)49)55-36(51)54-33-10-8-7-9-32(33)53-21(3)4/h7-18,20-22,35,50H,19H2,1-6H3/t22-,35-/m0/s1. The minimum Gasteiger partial charge on any atom is -0.496 e. The number of benzene rings is 4. The van der Waals surface area contributed by atoms with E-state index in [2.05, 4.69) is 5.32 Å². The Balaban J connectivity index is 1.81. The average Bonchev–Trinajstić information content (AvgIpc) is 3.08. The number of ether oxygens (including phenoxy) is 4. The Bertz CT molecular complexity index is 1940. The number of alkyl halides is 9. The van der Waals surface area contributed by atoms with Gasteiger partial charge in [-0.25, -0.2) is 9.18 Å². The molecular formula is C39H37F10NO5. The smallest absolute Gasteiger partial charge is 0.496 e. The van der Waals surface area contributed by atoms with E-state index in [1.54, 1.807) is 33.8 Å². The quantitative estimate of drug-likeness (QED) is 0.0876. The maximum atomic E-state index is 14.9. The van der Waals surface area contributed by atoms with E-state index < -0.39 is 77.5 Å². The highest BCUT2D eigenvalue weighted by Crippen LogP contribution is 2.41. The predicted molar refractivity (Wildman–Crippen MR) is 182 cm³/mol. The highest BCUT2D eigenvalue weighted by atomic mass is 19.4. The summed E-state index contributed by atoms with van der Waals surface area (Å²) in [5.74, 6) is -1.10. The molecule has 1 N–H and O–H groups in total. The second kappa shape index (κ2) is 16.8. The molecule has 55 heavy (non-hydrogen) atoms. The van der Waals surface area contributed by atoms with Crippen molar-refractivity contribution in [1.82, 2.24) is 5.32 Å². The van der Waals surface area contributed by atoms with Crippen molar-refractivity contribution >= 4 is 6.16 Å². The van der Waals surface area contributed by atoms with E-state index in [1.165, 1.54) is 38.3 Å². The summed E-state index contributed by atoms with van der Waals surface area (Å²) in [4.78, 5) is 13.2. The lowest BCUT2D eigenvalue weighted by Crippen LogP contribution is -2.35. The van der Waals surface area contributed by atoms with Gasteiger partial charge in [0, 0.05) is 24.2 Å². The van der Waals surface area contributed by atoms with E-state index in [1.807, 2.05) is 0 Å². The van der Waals surface area contributed by atoms with Crippen molar-refractivity contribution in [3.8, 4) is 28.4 Å². The molecule has 0 aliphatic heterocycles. The number of nitrogens with one attached hydrogen (secondary N) is 1. The van der Waals surface area contributed by atoms with Gasteiger partial charge in [0.25, 0.3) is 0 Å². The summed E-state index contributed by atoms with van der Waals surface area (Å²) in [6.07, 6.45) is -19.2. The molecule has 4 rings (SSSR count). The van der Waals surface area contributed by atoms with Gasteiger partial charge in [0.2, 0.25) is 0 Å². The van der Waals surface area contributed by atoms with E-state index in [0.29, 0.717) is 12.1 Å². The summed E-state index contributed by atoms with van der Waals surface area (Å²) in [5, 5.41) is 2.79. The van der Waals surface area contributed by atoms with Gasteiger partial charge in [0.1, 0.15) is 17.7 Å². The van der Waals surface area contributed by atoms with E-state index in [4.69, 9.17) is 18.9 Å². The van der Waals surface area contributed by atoms with E-state index in [9.17, 15) is 48.7 Å². The first-order valence-corrected chi connectivity index (χ1v) is 16.7. The van der Waals surface area contributed by atoms with Crippen molar-refractivity contribution in [3.63, 3.8) is 0 Å². The number of para-hydroxylation sites is 2. The van der Waals surface area contributed by atoms with Crippen LogP contribution in [0.3, 0.4) is 0 Å². The van der Waals surface area contributed by atoms with Crippen LogP contribution in [-0.2, 0) is 29.8 Å². The lowest BCUT2D eigenvalue weighted by atomic mass is 9.92. The predicted octanol–water partition coefficient (Wildman–Crippen LogP) is 11.9. The Hall–Kier alpha value is -4.99. The van der Waals surface area contributed by atoms with Crippen LogP contribution in [0.1, 0.15) is 80.0 Å². The van der Waals surface area contributed by atoms with Gasteiger partial charge in [-0.05, 0) is 97.5 Å². The number of hydrogen-bond acceptors (Lipinski definition) is 6. The number of carbonyl (C=O) groups excluding carboxylic acids is 1. The molecule has 0 fully saturated rings. The molecule has 0 spiro atoms. The van der Waals surface area contributed by atoms with Gasteiger partial charge in [0.05, 0.1) is 29.9 Å². The molecular weight excluding hydrogens is 752 g/mol. The third-order valence-electron chi connectivity index (χ3n) is 8.30. The van der Waals surface area contributed by atoms with Crippen LogP contribution in [0.25, 0.3) is 11.1 Å². The molecule has 4 aromatic rings. The highest BCUT2D eigenvalue weighted by molar-refractivity contribution is 5.75. The molecule has 298 valence electrons. The number of hydrogen-bond donors (Lipinski definition) is 1. The minimum absolute atomic E-state index is 0.0229. The number of methoxy groups -OCH3 is 1. The summed E-state index contributed by atoms with van der Waals surface area (Å²) in [6, 6.07) is 10.2. The fourth-order valence-electron chi connectivity index (χ4n) is 5.66. The van der Waals surface area contributed by atoms with Gasteiger partial charge >= 0.3 is 24.7 Å². The molecule has 0 saturated heterocycles. The normalized spacial score (nSPS) is 13.5. The van der Waals surface area contributed by atoms with Crippen LogP contribution < -0.4 is 19.5 Å². The molecule has 0 radical (unpaired) electrons. The van der Waals surface area contributed by atoms with Crippen LogP contribution in [-0.4, -0.2) is 25.4 Å². The molecule has 6 nitrogen and oxygen atoms in total. The maximum Gasteiger partial charge on any atom is 0.514 e. The van der Waals surface area contributed by atoms with Gasteiger partial charge in [-0.15, -0.1) is 0 Å². The first-order chi connectivity index (χ1) is 25.5. The van der Waals surface area contributed by atoms with Gasteiger partial charge in [0.15, 0.2) is 11.5 Å². The average molecular weight is 790 g/mol. The first kappa shape index (κ1) is 42.7. The Morgan fingerprint density at radius 3 is 1.80 bits per heavy atom. The molecule has 0 aliphatic rings. The van der Waals surface area contributed by atoms with Crippen molar-refractivity contribution < 1.29 is 67.6 Å². The van der Waals surface area contributed by atoms with E-state index in [-0.39, 0.29) is 51.5 Å². The molecule has 0 unspecified atom stereocenters. The summed E-state index contributed by atoms with van der Waals surface area (Å²) in [6.45, 7) is 7.48. The molecule has 0 bridgehead atoms. The molecule has 0 amide bonds. The van der Waals surface area contributed by atoms with Gasteiger partial charge in [-0.1, -0.05) is 32.0 Å². The fourth-order valence-corrected chi connectivity index (χ4v) is 5.66. The number of rotatable bonds is 12. The van der Waals surface area contributed by atoms with Crippen LogP contribution >= 0.6 is 0 Å². The second-order valence-electron chi connectivity index (χ2n) is 13.1. The van der Waals surface area contributed by atoms with Crippen molar-refractivity contribution in [3.05, 3.63) is 112 Å². The van der Waals surface area contributed by atoms with Gasteiger partial charge < -0.3 is 24.3 Å². The molecule has 0 aliphatic carbocycles. The Morgan fingerprint density at radius 2 is 1.27 bits per heavy atom. The third kappa shape index (κ3) is 10.8. The van der Waals surface area contributed by atoms with Crippen LogP contribution in [0.4, 0.5) is 48.7 Å². The van der Waals surface area contributed by atoms with Crippen LogP contribution in [0.2, 0.25) is 0 Å². The van der Waals surface area contributed by atoms with Gasteiger partial charge in [-0.3, -0.25) is 0 Å². The van der Waals surface area contributed by atoms with E-state index in [0.717, 1.165) is 24.3 Å². The van der Waals surface area contributed by atoms with Crippen LogP contribution in [0.5, 0.6) is 17.2 Å². The van der Waals surface area contributed by atoms with Crippen LogP contribution in [0, 0.1) is 5.82 Å². The molecule has 4 aromatic carbocycles. The topological polar surface area (TPSA) is 66.0 Å². The molecule has 16 heteroatoms. The maximum absolute atomic E-state index is 14.9. The van der Waals surface area contributed by atoms with Crippen molar-refractivity contribution in [2.45, 2.75) is 83.9 Å². The third-order valence-corrected chi connectivity index (χ3v) is 8.30. The SMILES string of the molecule is COc1cc(F)c(C(C)C)cc1-c1ccc(C(F)(F)F)cc1CN[C@@H](C)[C@H](OC(=O)Oc1ccccc1OC(C)C)c1cc(C(F)(F)F)cc(C(F)(F)F)c1. The summed E-state index contributed by atoms with van der Waals surface area (Å²) < 4.78 is 162. The van der Waals surface area contributed by atoms with Crippen molar-refractivity contribution in [2.24, 2.45) is 0 Å². The largest absolute Gasteiger partial charge is 0.514 e.